The standard InChI is InChI=1S/C25H30F3N3O4/c1-24(2,3)35-23(33)31-13-11-30(12-14-31)15-16-34-21-10-5-4-9-20(21)22(32)29-19-8-6-7-18(17-19)25(26,27)28/h4-10,17H,11-16H2,1-3H3,(H,29,32). The maximum absolute atomic E-state index is 12.9. The van der Waals surface area contributed by atoms with Crippen molar-refractivity contribution in [3.63, 3.8) is 0 Å². The molecule has 0 radical (unpaired) electrons. The Hall–Kier alpha value is -3.27. The molecular formula is C25H30F3N3O4. The van der Waals surface area contributed by atoms with Crippen molar-refractivity contribution in [1.29, 1.82) is 0 Å². The van der Waals surface area contributed by atoms with Crippen molar-refractivity contribution in [3.05, 3.63) is 59.7 Å². The van der Waals surface area contributed by atoms with E-state index in [-0.39, 0.29) is 17.3 Å². The highest BCUT2D eigenvalue weighted by atomic mass is 19.4. The number of hydrogen-bond donors (Lipinski definition) is 1. The van der Waals surface area contributed by atoms with Crippen LogP contribution < -0.4 is 10.1 Å². The predicted octanol–water partition coefficient (Wildman–Crippen LogP) is 4.89. The van der Waals surface area contributed by atoms with Gasteiger partial charge in [-0.1, -0.05) is 18.2 Å². The number of hydrogen-bond acceptors (Lipinski definition) is 5. The van der Waals surface area contributed by atoms with Gasteiger partial charge in [-0.15, -0.1) is 0 Å². The summed E-state index contributed by atoms with van der Waals surface area (Å²) in [5.74, 6) is -0.227. The minimum Gasteiger partial charge on any atom is -0.491 e. The molecule has 2 aromatic carbocycles. The van der Waals surface area contributed by atoms with E-state index < -0.39 is 23.2 Å². The van der Waals surface area contributed by atoms with Gasteiger partial charge in [0.05, 0.1) is 11.1 Å². The smallest absolute Gasteiger partial charge is 0.416 e. The average Bonchev–Trinajstić information content (AvgIpc) is 2.78. The first-order valence-electron chi connectivity index (χ1n) is 11.3. The number of para-hydroxylation sites is 1. The second-order valence-corrected chi connectivity index (χ2v) is 9.19. The summed E-state index contributed by atoms with van der Waals surface area (Å²) in [6.07, 6.45) is -4.82. The highest BCUT2D eigenvalue weighted by Crippen LogP contribution is 2.31. The van der Waals surface area contributed by atoms with Crippen molar-refractivity contribution in [1.82, 2.24) is 9.80 Å². The maximum atomic E-state index is 12.9. The second kappa shape index (κ2) is 11.0. The van der Waals surface area contributed by atoms with E-state index >= 15 is 0 Å². The van der Waals surface area contributed by atoms with Crippen LogP contribution in [0.15, 0.2) is 48.5 Å². The Balaban J connectivity index is 1.52. The van der Waals surface area contributed by atoms with Gasteiger partial charge in [-0.3, -0.25) is 9.69 Å². The SMILES string of the molecule is CC(C)(C)OC(=O)N1CCN(CCOc2ccccc2C(=O)Nc2cccc(C(F)(F)F)c2)CC1. The number of amides is 2. The summed E-state index contributed by atoms with van der Waals surface area (Å²) in [5, 5.41) is 2.50. The first-order valence-corrected chi connectivity index (χ1v) is 11.3. The quantitative estimate of drug-likeness (QED) is 0.621. The molecule has 10 heteroatoms. The number of anilines is 1. The van der Waals surface area contributed by atoms with Crippen LogP contribution in [-0.4, -0.2) is 66.7 Å². The zero-order chi connectivity index (χ0) is 25.6. The summed E-state index contributed by atoms with van der Waals surface area (Å²) >= 11 is 0. The fraction of sp³-hybridized carbons (Fsp3) is 0.440. The van der Waals surface area contributed by atoms with Crippen LogP contribution in [0.4, 0.5) is 23.7 Å². The number of halogens is 3. The normalized spacial score (nSPS) is 15.0. The van der Waals surface area contributed by atoms with E-state index in [4.69, 9.17) is 9.47 Å². The Bertz CT molecular complexity index is 1030. The molecule has 3 rings (SSSR count). The van der Waals surface area contributed by atoms with Crippen molar-refractivity contribution < 1.29 is 32.2 Å². The van der Waals surface area contributed by atoms with E-state index in [1.165, 1.54) is 12.1 Å². The summed E-state index contributed by atoms with van der Waals surface area (Å²) < 4.78 is 50.1. The van der Waals surface area contributed by atoms with Crippen molar-refractivity contribution in [2.24, 2.45) is 0 Å². The summed E-state index contributed by atoms with van der Waals surface area (Å²) in [4.78, 5) is 28.7. The van der Waals surface area contributed by atoms with Crippen LogP contribution in [0.25, 0.3) is 0 Å². The van der Waals surface area contributed by atoms with Crippen LogP contribution in [0.1, 0.15) is 36.7 Å². The Labute approximate surface area is 202 Å². The first-order chi connectivity index (χ1) is 16.4. The van der Waals surface area contributed by atoms with Crippen LogP contribution in [0, 0.1) is 0 Å². The molecule has 1 heterocycles. The third kappa shape index (κ3) is 7.88. The number of carbonyl (C=O) groups excluding carboxylic acids is 2. The summed E-state index contributed by atoms with van der Waals surface area (Å²) in [5.41, 5.74) is -1.11. The number of piperazine rings is 1. The minimum atomic E-state index is -4.50. The molecule has 0 aromatic heterocycles. The van der Waals surface area contributed by atoms with Crippen LogP contribution in [0.5, 0.6) is 5.75 Å². The molecule has 0 bridgehead atoms. The molecular weight excluding hydrogens is 463 g/mol. The van der Waals surface area contributed by atoms with Gasteiger partial charge in [0.1, 0.15) is 18.0 Å². The molecule has 1 saturated heterocycles. The molecule has 1 fully saturated rings. The van der Waals surface area contributed by atoms with E-state index in [1.807, 2.05) is 20.8 Å². The van der Waals surface area contributed by atoms with Crippen molar-refractivity contribution in [2.75, 3.05) is 44.6 Å². The molecule has 190 valence electrons. The fourth-order valence-corrected chi connectivity index (χ4v) is 3.52. The molecule has 0 unspecified atom stereocenters. The first kappa shape index (κ1) is 26.3. The molecule has 0 saturated carbocycles. The average molecular weight is 494 g/mol. The molecule has 0 spiro atoms. The molecule has 1 N–H and O–H groups in total. The molecule has 2 amide bonds. The lowest BCUT2D eigenvalue weighted by molar-refractivity contribution is -0.137. The second-order valence-electron chi connectivity index (χ2n) is 9.19. The Morgan fingerprint density at radius 2 is 1.66 bits per heavy atom. The highest BCUT2D eigenvalue weighted by molar-refractivity contribution is 6.06. The summed E-state index contributed by atoms with van der Waals surface area (Å²) in [7, 11) is 0. The van der Waals surface area contributed by atoms with Crippen LogP contribution in [0.2, 0.25) is 0 Å². The largest absolute Gasteiger partial charge is 0.491 e. The molecule has 1 aliphatic rings. The van der Waals surface area contributed by atoms with Gasteiger partial charge >= 0.3 is 12.3 Å². The molecule has 0 atom stereocenters. The number of carbonyl (C=O) groups is 2. The predicted molar refractivity (Wildman–Crippen MR) is 126 cm³/mol. The van der Waals surface area contributed by atoms with Crippen molar-refractivity contribution >= 4 is 17.7 Å². The number of nitrogens with one attached hydrogen (secondary N) is 1. The molecule has 7 nitrogen and oxygen atoms in total. The summed E-state index contributed by atoms with van der Waals surface area (Å²) in [6, 6.07) is 11.0. The highest BCUT2D eigenvalue weighted by Gasteiger charge is 2.30. The van der Waals surface area contributed by atoms with Gasteiger partial charge in [0.2, 0.25) is 0 Å². The fourth-order valence-electron chi connectivity index (χ4n) is 3.52. The molecule has 1 aliphatic heterocycles. The zero-order valence-electron chi connectivity index (χ0n) is 20.0. The van der Waals surface area contributed by atoms with E-state index in [0.717, 1.165) is 12.1 Å². The van der Waals surface area contributed by atoms with Crippen LogP contribution >= 0.6 is 0 Å². The molecule has 35 heavy (non-hydrogen) atoms. The minimum absolute atomic E-state index is 0.0440. The number of rotatable bonds is 6. The third-order valence-electron chi connectivity index (χ3n) is 5.27. The van der Waals surface area contributed by atoms with E-state index in [9.17, 15) is 22.8 Å². The van der Waals surface area contributed by atoms with E-state index in [1.54, 1.807) is 29.2 Å². The van der Waals surface area contributed by atoms with Crippen LogP contribution in [0.3, 0.4) is 0 Å². The monoisotopic (exact) mass is 493 g/mol. The van der Waals surface area contributed by atoms with Gasteiger partial charge < -0.3 is 19.7 Å². The Morgan fingerprint density at radius 3 is 2.31 bits per heavy atom. The van der Waals surface area contributed by atoms with Crippen LogP contribution in [-0.2, 0) is 10.9 Å². The molecule has 2 aromatic rings. The van der Waals surface area contributed by atoms with E-state index in [2.05, 4.69) is 10.2 Å². The lowest BCUT2D eigenvalue weighted by Gasteiger charge is -2.35. The Kier molecular flexibility index (Phi) is 8.26. The Morgan fingerprint density at radius 1 is 0.971 bits per heavy atom. The number of alkyl halides is 3. The summed E-state index contributed by atoms with van der Waals surface area (Å²) in [6.45, 7) is 8.81. The topological polar surface area (TPSA) is 71.1 Å². The zero-order valence-corrected chi connectivity index (χ0v) is 20.0. The van der Waals surface area contributed by atoms with Gasteiger partial charge in [0, 0.05) is 38.4 Å². The van der Waals surface area contributed by atoms with Gasteiger partial charge in [-0.2, -0.15) is 13.2 Å². The number of benzene rings is 2. The lowest BCUT2D eigenvalue weighted by Crippen LogP contribution is -2.50. The van der Waals surface area contributed by atoms with E-state index in [0.29, 0.717) is 45.1 Å². The number of nitrogens with zero attached hydrogens (tertiary/aromatic N) is 2. The number of ether oxygens (including phenoxy) is 2. The van der Waals surface area contributed by atoms with Gasteiger partial charge in [-0.25, -0.2) is 4.79 Å². The maximum Gasteiger partial charge on any atom is 0.416 e. The van der Waals surface area contributed by atoms with Gasteiger partial charge in [0.25, 0.3) is 5.91 Å². The van der Waals surface area contributed by atoms with Gasteiger partial charge in [-0.05, 0) is 51.1 Å². The molecule has 0 aliphatic carbocycles. The van der Waals surface area contributed by atoms with Crippen molar-refractivity contribution in [2.45, 2.75) is 32.5 Å². The lowest BCUT2D eigenvalue weighted by atomic mass is 10.1. The van der Waals surface area contributed by atoms with Gasteiger partial charge in [0.15, 0.2) is 0 Å². The van der Waals surface area contributed by atoms with Crippen molar-refractivity contribution in [3.8, 4) is 5.75 Å². The third-order valence-corrected chi connectivity index (χ3v) is 5.27.